The van der Waals surface area contributed by atoms with Crippen molar-refractivity contribution in [1.82, 2.24) is 9.97 Å². The quantitative estimate of drug-likeness (QED) is 0.852. The molecule has 2 N–H and O–H groups in total. The van der Waals surface area contributed by atoms with Crippen molar-refractivity contribution in [3.8, 4) is 11.8 Å². The van der Waals surface area contributed by atoms with E-state index in [1.165, 1.54) is 24.5 Å². The van der Waals surface area contributed by atoms with Crippen LogP contribution in [0.1, 0.15) is 10.4 Å². The number of primary amides is 1. The van der Waals surface area contributed by atoms with Crippen molar-refractivity contribution in [2.45, 2.75) is 0 Å². The van der Waals surface area contributed by atoms with E-state index in [9.17, 15) is 9.18 Å². The lowest BCUT2D eigenvalue weighted by molar-refractivity contribution is 0.0994. The Balaban J connectivity index is 2.37. The van der Waals surface area contributed by atoms with E-state index < -0.39 is 11.7 Å². The Kier molecular flexibility index (Phi) is 3.70. The molecule has 0 aliphatic heterocycles. The zero-order valence-electron chi connectivity index (χ0n) is 8.93. The minimum absolute atomic E-state index is 0.0105. The van der Waals surface area contributed by atoms with E-state index in [1.54, 1.807) is 0 Å². The summed E-state index contributed by atoms with van der Waals surface area (Å²) < 4.78 is 19.5. The highest BCUT2D eigenvalue weighted by Crippen LogP contribution is 2.24. The molecule has 18 heavy (non-hydrogen) atoms. The van der Waals surface area contributed by atoms with Gasteiger partial charge in [0.2, 0.25) is 0 Å². The highest BCUT2D eigenvalue weighted by Gasteiger charge is 2.16. The average Bonchev–Trinajstić information content (AvgIpc) is 2.32. The molecule has 0 atom stereocenters. The van der Waals surface area contributed by atoms with Crippen molar-refractivity contribution in [1.29, 1.82) is 0 Å². The maximum atomic E-state index is 13.4. The number of carbonyl (C=O) groups is 1. The maximum Gasteiger partial charge on any atom is 0.321 e. The molecule has 0 aliphatic carbocycles. The molecule has 1 amide bonds. The van der Waals surface area contributed by atoms with Gasteiger partial charge in [0.25, 0.3) is 5.91 Å². The Morgan fingerprint density at radius 3 is 2.61 bits per heavy atom. The Labute approximate surface area is 115 Å². The first-order valence-electron chi connectivity index (χ1n) is 4.81. The molecule has 0 saturated carbocycles. The number of nitrogens with two attached hydrogens (primary N) is 1. The molecule has 1 aromatic heterocycles. The molecule has 0 spiro atoms. The van der Waals surface area contributed by atoms with Gasteiger partial charge in [-0.05, 0) is 34.7 Å². The van der Waals surface area contributed by atoms with Crippen molar-refractivity contribution in [2.24, 2.45) is 5.73 Å². The zero-order valence-corrected chi connectivity index (χ0v) is 11.1. The van der Waals surface area contributed by atoms with Crippen molar-refractivity contribution in [3.05, 3.63) is 45.5 Å². The summed E-state index contributed by atoms with van der Waals surface area (Å²) in [5, 5.41) is 0. The first kappa shape index (κ1) is 12.7. The standard InChI is InChI=1S/C11H7FIN3O2/c12-7-2-1-3-8(9(7)10(14)17)18-11-15-4-6(13)5-16-11/h1-5H,(H2,14,17). The third-order valence-corrected chi connectivity index (χ3v) is 2.58. The number of amides is 1. The molecule has 5 nitrogen and oxygen atoms in total. The predicted octanol–water partition coefficient (Wildman–Crippen LogP) is 2.11. The average molecular weight is 359 g/mol. The lowest BCUT2D eigenvalue weighted by Gasteiger charge is -2.07. The van der Waals surface area contributed by atoms with Gasteiger partial charge >= 0.3 is 6.01 Å². The van der Waals surface area contributed by atoms with Crippen LogP contribution >= 0.6 is 22.6 Å². The number of nitrogens with zero attached hydrogens (tertiary/aromatic N) is 2. The summed E-state index contributed by atoms with van der Waals surface area (Å²) in [6.07, 6.45) is 3.07. The van der Waals surface area contributed by atoms with Gasteiger partial charge in [0, 0.05) is 16.0 Å². The fraction of sp³-hybridized carbons (Fsp3) is 0. The minimum atomic E-state index is -0.909. The first-order valence-corrected chi connectivity index (χ1v) is 5.89. The zero-order chi connectivity index (χ0) is 13.1. The summed E-state index contributed by atoms with van der Waals surface area (Å²) in [5.41, 5.74) is 4.77. The lowest BCUT2D eigenvalue weighted by atomic mass is 10.2. The number of ether oxygens (including phenoxy) is 1. The van der Waals surface area contributed by atoms with Gasteiger partial charge in [-0.2, -0.15) is 0 Å². The van der Waals surface area contributed by atoms with E-state index in [-0.39, 0.29) is 17.3 Å². The van der Waals surface area contributed by atoms with Crippen LogP contribution in [0.15, 0.2) is 30.6 Å². The predicted molar refractivity (Wildman–Crippen MR) is 69.7 cm³/mol. The number of hydrogen-bond donors (Lipinski definition) is 1. The third-order valence-electron chi connectivity index (χ3n) is 2.02. The van der Waals surface area contributed by atoms with Gasteiger partial charge in [-0.25, -0.2) is 14.4 Å². The van der Waals surface area contributed by atoms with Gasteiger partial charge in [0.15, 0.2) is 0 Å². The van der Waals surface area contributed by atoms with Crippen LogP contribution in [0.3, 0.4) is 0 Å². The molecule has 0 bridgehead atoms. The summed E-state index contributed by atoms with van der Waals surface area (Å²) in [5.74, 6) is -1.66. The van der Waals surface area contributed by atoms with Crippen LogP contribution in [0.5, 0.6) is 11.8 Å². The Morgan fingerprint density at radius 2 is 2.00 bits per heavy atom. The van der Waals surface area contributed by atoms with E-state index in [0.29, 0.717) is 0 Å². The van der Waals surface area contributed by atoms with Crippen LogP contribution in [0.25, 0.3) is 0 Å². The number of aromatic nitrogens is 2. The van der Waals surface area contributed by atoms with Crippen molar-refractivity contribution in [2.75, 3.05) is 0 Å². The summed E-state index contributed by atoms with van der Waals surface area (Å²) in [4.78, 5) is 18.9. The summed E-state index contributed by atoms with van der Waals surface area (Å²) in [6.45, 7) is 0. The van der Waals surface area contributed by atoms with Gasteiger partial charge in [-0.15, -0.1) is 0 Å². The van der Waals surface area contributed by atoms with Gasteiger partial charge in [0.1, 0.15) is 17.1 Å². The highest BCUT2D eigenvalue weighted by molar-refractivity contribution is 14.1. The molecule has 2 aromatic rings. The molecule has 92 valence electrons. The second-order valence-corrected chi connectivity index (χ2v) is 4.51. The fourth-order valence-electron chi connectivity index (χ4n) is 1.28. The van der Waals surface area contributed by atoms with Crippen molar-refractivity contribution >= 4 is 28.5 Å². The number of hydrogen-bond acceptors (Lipinski definition) is 4. The molecule has 2 rings (SSSR count). The Bertz CT molecular complexity index is 589. The normalized spacial score (nSPS) is 10.1. The van der Waals surface area contributed by atoms with Gasteiger partial charge in [-0.1, -0.05) is 6.07 Å². The van der Waals surface area contributed by atoms with Crippen LogP contribution in [-0.2, 0) is 0 Å². The molecule has 1 heterocycles. The van der Waals surface area contributed by atoms with E-state index in [4.69, 9.17) is 10.5 Å². The van der Waals surface area contributed by atoms with Crippen LogP contribution in [0.2, 0.25) is 0 Å². The molecule has 0 unspecified atom stereocenters. The van der Waals surface area contributed by atoms with E-state index in [2.05, 4.69) is 9.97 Å². The largest absolute Gasteiger partial charge is 0.423 e. The molecule has 0 fully saturated rings. The monoisotopic (exact) mass is 359 g/mol. The maximum absolute atomic E-state index is 13.4. The summed E-state index contributed by atoms with van der Waals surface area (Å²) in [6, 6.07) is 3.97. The van der Waals surface area contributed by atoms with Gasteiger partial charge < -0.3 is 10.5 Å². The molecule has 0 radical (unpaired) electrons. The molecule has 0 aliphatic rings. The molecule has 1 aromatic carbocycles. The van der Waals surface area contributed by atoms with Crippen LogP contribution < -0.4 is 10.5 Å². The number of halogens is 2. The Morgan fingerprint density at radius 1 is 1.33 bits per heavy atom. The smallest absolute Gasteiger partial charge is 0.321 e. The van der Waals surface area contributed by atoms with E-state index in [0.717, 1.165) is 9.64 Å². The van der Waals surface area contributed by atoms with Crippen molar-refractivity contribution < 1.29 is 13.9 Å². The van der Waals surface area contributed by atoms with Crippen LogP contribution in [0, 0.1) is 9.39 Å². The van der Waals surface area contributed by atoms with Gasteiger partial charge in [-0.3, -0.25) is 4.79 Å². The molecular formula is C11H7FIN3O2. The number of carbonyl (C=O) groups excluding carboxylic acids is 1. The Hall–Kier alpha value is -1.77. The third kappa shape index (κ3) is 2.73. The van der Waals surface area contributed by atoms with E-state index >= 15 is 0 Å². The number of rotatable bonds is 3. The van der Waals surface area contributed by atoms with E-state index in [1.807, 2.05) is 22.6 Å². The van der Waals surface area contributed by atoms with Gasteiger partial charge in [0.05, 0.1) is 0 Å². The molecule has 0 saturated heterocycles. The first-order chi connectivity index (χ1) is 8.58. The van der Waals surface area contributed by atoms with Crippen molar-refractivity contribution in [3.63, 3.8) is 0 Å². The SMILES string of the molecule is NC(=O)c1c(F)cccc1Oc1ncc(I)cn1. The molecular weight excluding hydrogens is 352 g/mol. The van der Waals surface area contributed by atoms with Crippen LogP contribution in [0.4, 0.5) is 4.39 Å². The second kappa shape index (κ2) is 5.25. The fourth-order valence-corrected chi connectivity index (χ4v) is 1.56. The lowest BCUT2D eigenvalue weighted by Crippen LogP contribution is -2.14. The highest BCUT2D eigenvalue weighted by atomic mass is 127. The second-order valence-electron chi connectivity index (χ2n) is 3.26. The summed E-state index contributed by atoms with van der Waals surface area (Å²) in [7, 11) is 0. The molecule has 7 heteroatoms. The van der Waals surface area contributed by atoms with Crippen LogP contribution in [-0.4, -0.2) is 15.9 Å². The summed E-state index contributed by atoms with van der Waals surface area (Å²) >= 11 is 2.04. The topological polar surface area (TPSA) is 78.1 Å². The minimum Gasteiger partial charge on any atom is -0.423 e. The number of benzene rings is 1.